The summed E-state index contributed by atoms with van der Waals surface area (Å²) >= 11 is 0. The molecule has 1 atom stereocenters. The van der Waals surface area contributed by atoms with Gasteiger partial charge in [0.1, 0.15) is 23.3 Å². The van der Waals surface area contributed by atoms with Crippen molar-refractivity contribution in [3.05, 3.63) is 59.2 Å². The first kappa shape index (κ1) is 17.8. The van der Waals surface area contributed by atoms with E-state index in [9.17, 15) is 4.79 Å². The molecule has 1 unspecified atom stereocenters. The predicted molar refractivity (Wildman–Crippen MR) is 104 cm³/mol. The number of hydrogen-bond acceptors (Lipinski definition) is 6. The van der Waals surface area contributed by atoms with Crippen LogP contribution in [0.1, 0.15) is 31.4 Å². The van der Waals surface area contributed by atoms with Crippen molar-refractivity contribution in [3.63, 3.8) is 0 Å². The number of fused-ring (bicyclic) bond motifs is 1. The van der Waals surface area contributed by atoms with Crippen LogP contribution >= 0.6 is 0 Å². The van der Waals surface area contributed by atoms with Gasteiger partial charge in [-0.2, -0.15) is 4.98 Å². The first-order valence-electron chi connectivity index (χ1n) is 9.01. The SMILES string of the molecule is CCOc1ccc(-c2nc3n(n2)C(c2ccc(C)o2)C(C(N)=O)=C(C)N3)cc1. The molecule has 3 N–H and O–H groups in total. The van der Waals surface area contributed by atoms with E-state index in [1.807, 2.05) is 50.2 Å². The normalized spacial score (nSPS) is 15.9. The van der Waals surface area contributed by atoms with Crippen LogP contribution < -0.4 is 15.8 Å². The van der Waals surface area contributed by atoms with Crippen molar-refractivity contribution in [1.29, 1.82) is 0 Å². The topological polar surface area (TPSA) is 108 Å². The van der Waals surface area contributed by atoms with Gasteiger partial charge in [0.25, 0.3) is 0 Å². The first-order valence-corrected chi connectivity index (χ1v) is 9.01. The van der Waals surface area contributed by atoms with Crippen molar-refractivity contribution >= 4 is 11.9 Å². The largest absolute Gasteiger partial charge is 0.494 e. The first-order chi connectivity index (χ1) is 13.5. The van der Waals surface area contributed by atoms with Gasteiger partial charge in [-0.3, -0.25) is 4.79 Å². The molecule has 1 aliphatic heterocycles. The molecule has 1 aromatic carbocycles. The van der Waals surface area contributed by atoms with Gasteiger partial charge in [0, 0.05) is 11.3 Å². The lowest BCUT2D eigenvalue weighted by Crippen LogP contribution is -2.31. The molecule has 4 rings (SSSR count). The highest BCUT2D eigenvalue weighted by atomic mass is 16.5. The van der Waals surface area contributed by atoms with Crippen LogP contribution in [0.4, 0.5) is 5.95 Å². The fourth-order valence-electron chi connectivity index (χ4n) is 3.32. The number of carbonyl (C=O) groups excluding carboxylic acids is 1. The summed E-state index contributed by atoms with van der Waals surface area (Å²) < 4.78 is 12.9. The molecule has 144 valence electrons. The van der Waals surface area contributed by atoms with Gasteiger partial charge in [0.05, 0.1) is 12.2 Å². The fraction of sp³-hybridized carbons (Fsp3) is 0.250. The van der Waals surface area contributed by atoms with Gasteiger partial charge in [0.2, 0.25) is 11.9 Å². The number of nitrogens with two attached hydrogens (primary N) is 1. The highest BCUT2D eigenvalue weighted by molar-refractivity contribution is 5.95. The van der Waals surface area contributed by atoms with E-state index in [1.54, 1.807) is 11.6 Å². The van der Waals surface area contributed by atoms with Crippen LogP contribution in [-0.2, 0) is 4.79 Å². The lowest BCUT2D eigenvalue weighted by molar-refractivity contribution is -0.115. The average Bonchev–Trinajstić information content (AvgIpc) is 3.27. The Morgan fingerprint density at radius 3 is 2.61 bits per heavy atom. The number of aryl methyl sites for hydroxylation is 1. The standard InChI is InChI=1S/C20H21N5O3/c1-4-27-14-8-6-13(7-9-14)19-23-20-22-12(3)16(18(21)26)17(25(20)24-19)15-10-5-11(2)28-15/h5-10,17H,4H2,1-3H3,(H2,21,26)(H,22,23,24). The molecule has 2 aromatic heterocycles. The summed E-state index contributed by atoms with van der Waals surface area (Å²) in [6.45, 7) is 6.18. The number of allylic oxidation sites excluding steroid dienone is 1. The minimum Gasteiger partial charge on any atom is -0.494 e. The molecule has 28 heavy (non-hydrogen) atoms. The molecule has 0 spiro atoms. The van der Waals surface area contributed by atoms with Gasteiger partial charge in [-0.25, -0.2) is 4.68 Å². The zero-order chi connectivity index (χ0) is 19.8. The third kappa shape index (κ3) is 3.02. The van der Waals surface area contributed by atoms with Crippen LogP contribution in [-0.4, -0.2) is 27.3 Å². The number of furan rings is 1. The number of rotatable bonds is 5. The van der Waals surface area contributed by atoms with E-state index >= 15 is 0 Å². The third-order valence-corrected chi connectivity index (χ3v) is 4.57. The maximum atomic E-state index is 12.1. The summed E-state index contributed by atoms with van der Waals surface area (Å²) in [5.41, 5.74) is 7.51. The lowest BCUT2D eigenvalue weighted by atomic mass is 10.0. The molecule has 0 radical (unpaired) electrons. The average molecular weight is 379 g/mol. The number of nitrogens with one attached hydrogen (secondary N) is 1. The monoisotopic (exact) mass is 379 g/mol. The van der Waals surface area contributed by atoms with Gasteiger partial charge < -0.3 is 20.2 Å². The Hall–Kier alpha value is -3.55. The second-order valence-corrected chi connectivity index (χ2v) is 6.54. The number of carbonyl (C=O) groups is 1. The van der Waals surface area contributed by atoms with Gasteiger partial charge in [-0.15, -0.1) is 5.10 Å². The Balaban J connectivity index is 1.79. The number of ether oxygens (including phenoxy) is 1. The maximum Gasteiger partial charge on any atom is 0.249 e. The molecule has 1 amide bonds. The molecule has 0 saturated carbocycles. The maximum absolute atomic E-state index is 12.1. The number of aromatic nitrogens is 3. The number of benzene rings is 1. The molecule has 3 heterocycles. The highest BCUT2D eigenvalue weighted by Crippen LogP contribution is 2.36. The summed E-state index contributed by atoms with van der Waals surface area (Å²) in [4.78, 5) is 16.7. The summed E-state index contributed by atoms with van der Waals surface area (Å²) in [5.74, 6) is 2.61. The molecule has 1 aliphatic rings. The van der Waals surface area contributed by atoms with E-state index < -0.39 is 11.9 Å². The van der Waals surface area contributed by atoms with E-state index in [4.69, 9.17) is 14.9 Å². The van der Waals surface area contributed by atoms with Gasteiger partial charge >= 0.3 is 0 Å². The van der Waals surface area contributed by atoms with Crippen molar-refractivity contribution in [2.45, 2.75) is 26.8 Å². The van der Waals surface area contributed by atoms with Crippen LogP contribution in [0.2, 0.25) is 0 Å². The van der Waals surface area contributed by atoms with Crippen LogP contribution in [0.5, 0.6) is 5.75 Å². The Kier molecular flexibility index (Phi) is 4.38. The molecule has 0 aliphatic carbocycles. The second-order valence-electron chi connectivity index (χ2n) is 6.54. The van der Waals surface area contributed by atoms with Crippen LogP contribution in [0, 0.1) is 6.92 Å². The van der Waals surface area contributed by atoms with Crippen molar-refractivity contribution in [2.75, 3.05) is 11.9 Å². The number of anilines is 1. The molecule has 3 aromatic rings. The lowest BCUT2D eigenvalue weighted by Gasteiger charge is -2.25. The van der Waals surface area contributed by atoms with E-state index in [2.05, 4.69) is 15.4 Å². The molecular formula is C20H21N5O3. The predicted octanol–water partition coefficient (Wildman–Crippen LogP) is 3.02. The fourth-order valence-corrected chi connectivity index (χ4v) is 3.32. The molecule has 8 heteroatoms. The number of nitrogens with zero attached hydrogens (tertiary/aromatic N) is 3. The van der Waals surface area contributed by atoms with Gasteiger partial charge in [0.15, 0.2) is 5.82 Å². The van der Waals surface area contributed by atoms with Crippen molar-refractivity contribution < 1.29 is 13.9 Å². The van der Waals surface area contributed by atoms with E-state index in [-0.39, 0.29) is 0 Å². The van der Waals surface area contributed by atoms with Crippen LogP contribution in [0.25, 0.3) is 11.4 Å². The molecule has 0 fully saturated rings. The Morgan fingerprint density at radius 2 is 2.00 bits per heavy atom. The quantitative estimate of drug-likeness (QED) is 0.705. The van der Waals surface area contributed by atoms with Crippen molar-refractivity contribution in [3.8, 4) is 17.1 Å². The van der Waals surface area contributed by atoms with Crippen molar-refractivity contribution in [1.82, 2.24) is 14.8 Å². The summed E-state index contributed by atoms with van der Waals surface area (Å²) in [6.07, 6.45) is 0. The van der Waals surface area contributed by atoms with Gasteiger partial charge in [-0.05, 0) is 57.2 Å². The smallest absolute Gasteiger partial charge is 0.249 e. The van der Waals surface area contributed by atoms with Gasteiger partial charge in [-0.1, -0.05) is 0 Å². The molecule has 0 saturated heterocycles. The zero-order valence-corrected chi connectivity index (χ0v) is 15.9. The van der Waals surface area contributed by atoms with E-state index in [0.29, 0.717) is 35.4 Å². The minimum atomic E-state index is -0.577. The molecular weight excluding hydrogens is 358 g/mol. The van der Waals surface area contributed by atoms with E-state index in [0.717, 1.165) is 17.1 Å². The highest BCUT2D eigenvalue weighted by Gasteiger charge is 2.35. The number of amides is 1. The zero-order valence-electron chi connectivity index (χ0n) is 15.9. The Morgan fingerprint density at radius 1 is 1.25 bits per heavy atom. The van der Waals surface area contributed by atoms with Crippen LogP contribution in [0.15, 0.2) is 52.1 Å². The Labute approximate surface area is 162 Å². The number of hydrogen-bond donors (Lipinski definition) is 2. The number of primary amides is 1. The molecule has 8 nitrogen and oxygen atoms in total. The van der Waals surface area contributed by atoms with Crippen LogP contribution in [0.3, 0.4) is 0 Å². The van der Waals surface area contributed by atoms with E-state index in [1.165, 1.54) is 0 Å². The summed E-state index contributed by atoms with van der Waals surface area (Å²) in [5, 5.41) is 7.75. The van der Waals surface area contributed by atoms with Crippen molar-refractivity contribution in [2.24, 2.45) is 5.73 Å². The summed E-state index contributed by atoms with van der Waals surface area (Å²) in [7, 11) is 0. The Bertz CT molecular complexity index is 1060. The summed E-state index contributed by atoms with van der Waals surface area (Å²) in [6, 6.07) is 10.6. The second kappa shape index (κ2) is 6.88. The third-order valence-electron chi connectivity index (χ3n) is 4.57. The minimum absolute atomic E-state index is 0.394. The molecule has 0 bridgehead atoms.